The van der Waals surface area contributed by atoms with Crippen LogP contribution < -0.4 is 10.1 Å². The molecule has 0 bridgehead atoms. The van der Waals surface area contributed by atoms with Crippen molar-refractivity contribution >= 4 is 5.91 Å². The number of aryl methyl sites for hydroxylation is 2. The minimum atomic E-state index is -0.140. The molecular weight excluding hydrogens is 264 g/mol. The van der Waals surface area contributed by atoms with Crippen LogP contribution in [0.25, 0.3) is 0 Å². The summed E-state index contributed by atoms with van der Waals surface area (Å²) in [6, 6.07) is 9.37. The Balaban J connectivity index is 1.86. The quantitative estimate of drug-likeness (QED) is 0.918. The molecule has 0 radical (unpaired) electrons. The maximum atomic E-state index is 12.0. The number of amides is 1. The molecule has 0 aliphatic carbocycles. The highest BCUT2D eigenvalue weighted by atomic mass is 16.5. The van der Waals surface area contributed by atoms with E-state index < -0.39 is 0 Å². The third kappa shape index (κ3) is 4.31. The van der Waals surface area contributed by atoms with Crippen molar-refractivity contribution in [3.8, 4) is 5.75 Å². The first kappa shape index (κ1) is 15.0. The van der Waals surface area contributed by atoms with Crippen LogP contribution in [0.2, 0.25) is 0 Å². The fraction of sp³-hybridized carbons (Fsp3) is 0.294. The molecule has 0 saturated heterocycles. The van der Waals surface area contributed by atoms with Gasteiger partial charge in [0.05, 0.1) is 11.6 Å². The highest BCUT2D eigenvalue weighted by molar-refractivity contribution is 5.93. The first-order valence-electron chi connectivity index (χ1n) is 6.97. The standard InChI is InChI=1S/C17H20N2O2/c1-12-6-7-16(9-13(12)2)21-11-14(3)19-17(20)15-5-4-8-18-10-15/h4-10,14H,11H2,1-3H3,(H,19,20)/t14-/m1/s1. The maximum Gasteiger partial charge on any atom is 0.253 e. The van der Waals surface area contributed by atoms with Gasteiger partial charge in [-0.3, -0.25) is 9.78 Å². The zero-order chi connectivity index (χ0) is 15.2. The largest absolute Gasteiger partial charge is 0.491 e. The third-order valence-electron chi connectivity index (χ3n) is 3.28. The molecule has 110 valence electrons. The molecule has 0 unspecified atom stereocenters. The Morgan fingerprint density at radius 3 is 2.76 bits per heavy atom. The van der Waals surface area contributed by atoms with Gasteiger partial charge >= 0.3 is 0 Å². The maximum absolute atomic E-state index is 12.0. The SMILES string of the molecule is Cc1ccc(OC[C@@H](C)NC(=O)c2cccnc2)cc1C. The lowest BCUT2D eigenvalue weighted by molar-refractivity contribution is 0.0926. The molecule has 1 amide bonds. The van der Waals surface area contributed by atoms with E-state index in [1.807, 2.05) is 25.1 Å². The van der Waals surface area contributed by atoms with E-state index >= 15 is 0 Å². The number of carbonyl (C=O) groups excluding carboxylic acids is 1. The van der Waals surface area contributed by atoms with Crippen LogP contribution in [0.1, 0.15) is 28.4 Å². The summed E-state index contributed by atoms with van der Waals surface area (Å²) in [5.41, 5.74) is 2.98. The van der Waals surface area contributed by atoms with Crippen molar-refractivity contribution < 1.29 is 9.53 Å². The first-order chi connectivity index (χ1) is 10.1. The monoisotopic (exact) mass is 284 g/mol. The van der Waals surface area contributed by atoms with Crippen LogP contribution in [0.3, 0.4) is 0 Å². The summed E-state index contributed by atoms with van der Waals surface area (Å²) in [6.07, 6.45) is 3.19. The zero-order valence-corrected chi connectivity index (χ0v) is 12.6. The summed E-state index contributed by atoms with van der Waals surface area (Å²) in [5.74, 6) is 0.680. The number of pyridine rings is 1. The zero-order valence-electron chi connectivity index (χ0n) is 12.6. The Kier molecular flexibility index (Phi) is 4.93. The van der Waals surface area contributed by atoms with E-state index in [4.69, 9.17) is 4.74 Å². The van der Waals surface area contributed by atoms with Crippen LogP contribution in [-0.2, 0) is 0 Å². The van der Waals surface area contributed by atoms with Crippen molar-refractivity contribution in [2.75, 3.05) is 6.61 Å². The summed E-state index contributed by atoms with van der Waals surface area (Å²) in [5, 5.41) is 2.89. The average molecular weight is 284 g/mol. The van der Waals surface area contributed by atoms with Crippen molar-refractivity contribution in [1.29, 1.82) is 0 Å². The van der Waals surface area contributed by atoms with Gasteiger partial charge in [-0.15, -0.1) is 0 Å². The Bertz CT molecular complexity index is 611. The predicted octanol–water partition coefficient (Wildman–Crippen LogP) is 2.90. The number of nitrogens with zero attached hydrogens (tertiary/aromatic N) is 1. The molecule has 0 saturated carbocycles. The second kappa shape index (κ2) is 6.88. The molecule has 0 aliphatic rings. The van der Waals surface area contributed by atoms with Gasteiger partial charge < -0.3 is 10.1 Å². The lowest BCUT2D eigenvalue weighted by Crippen LogP contribution is -2.36. The topological polar surface area (TPSA) is 51.2 Å². The molecule has 2 rings (SSSR count). The number of nitrogens with one attached hydrogen (secondary N) is 1. The lowest BCUT2D eigenvalue weighted by atomic mass is 10.1. The molecule has 0 fully saturated rings. The van der Waals surface area contributed by atoms with Gasteiger partial charge in [0.2, 0.25) is 0 Å². The van der Waals surface area contributed by atoms with Crippen molar-refractivity contribution in [1.82, 2.24) is 10.3 Å². The van der Waals surface area contributed by atoms with E-state index in [2.05, 4.69) is 24.1 Å². The highest BCUT2D eigenvalue weighted by Gasteiger charge is 2.10. The number of aromatic nitrogens is 1. The minimum Gasteiger partial charge on any atom is -0.491 e. The van der Waals surface area contributed by atoms with Gasteiger partial charge in [0.1, 0.15) is 12.4 Å². The van der Waals surface area contributed by atoms with E-state index in [0.29, 0.717) is 12.2 Å². The van der Waals surface area contributed by atoms with Crippen molar-refractivity contribution in [3.05, 3.63) is 59.4 Å². The van der Waals surface area contributed by atoms with E-state index in [1.54, 1.807) is 24.5 Å². The summed E-state index contributed by atoms with van der Waals surface area (Å²) in [7, 11) is 0. The van der Waals surface area contributed by atoms with Crippen LogP contribution in [-0.4, -0.2) is 23.5 Å². The lowest BCUT2D eigenvalue weighted by Gasteiger charge is -2.15. The molecule has 1 aromatic heterocycles. The van der Waals surface area contributed by atoms with Crippen LogP contribution in [0.4, 0.5) is 0 Å². The summed E-state index contributed by atoms with van der Waals surface area (Å²) < 4.78 is 5.71. The van der Waals surface area contributed by atoms with E-state index in [-0.39, 0.29) is 11.9 Å². The number of ether oxygens (including phenoxy) is 1. The van der Waals surface area contributed by atoms with Gasteiger partial charge in [-0.2, -0.15) is 0 Å². The smallest absolute Gasteiger partial charge is 0.253 e. The molecule has 4 nitrogen and oxygen atoms in total. The van der Waals surface area contributed by atoms with Gasteiger partial charge in [0, 0.05) is 12.4 Å². The number of benzene rings is 1. The van der Waals surface area contributed by atoms with Gasteiger partial charge in [-0.05, 0) is 56.2 Å². The first-order valence-corrected chi connectivity index (χ1v) is 6.97. The molecule has 0 spiro atoms. The Labute approximate surface area is 125 Å². The molecule has 4 heteroatoms. The molecule has 2 aromatic rings. The van der Waals surface area contributed by atoms with Gasteiger partial charge in [0.25, 0.3) is 5.91 Å². The van der Waals surface area contributed by atoms with Crippen LogP contribution >= 0.6 is 0 Å². The molecular formula is C17H20N2O2. The summed E-state index contributed by atoms with van der Waals surface area (Å²) in [4.78, 5) is 15.9. The Morgan fingerprint density at radius 2 is 2.10 bits per heavy atom. The Morgan fingerprint density at radius 1 is 1.29 bits per heavy atom. The number of hydrogen-bond acceptors (Lipinski definition) is 3. The fourth-order valence-electron chi connectivity index (χ4n) is 1.87. The summed E-state index contributed by atoms with van der Waals surface area (Å²) >= 11 is 0. The van der Waals surface area contributed by atoms with Crippen LogP contribution in [0.15, 0.2) is 42.7 Å². The minimum absolute atomic E-state index is 0.0840. The van der Waals surface area contributed by atoms with E-state index in [1.165, 1.54) is 11.1 Å². The molecule has 0 aliphatic heterocycles. The summed E-state index contributed by atoms with van der Waals surface area (Å²) in [6.45, 7) is 6.45. The predicted molar refractivity (Wildman–Crippen MR) is 82.6 cm³/mol. The molecule has 1 N–H and O–H groups in total. The number of carbonyl (C=O) groups is 1. The number of hydrogen-bond donors (Lipinski definition) is 1. The third-order valence-corrected chi connectivity index (χ3v) is 3.28. The number of rotatable bonds is 5. The fourth-order valence-corrected chi connectivity index (χ4v) is 1.87. The van der Waals surface area contributed by atoms with Crippen LogP contribution in [0, 0.1) is 13.8 Å². The van der Waals surface area contributed by atoms with Crippen LogP contribution in [0.5, 0.6) is 5.75 Å². The highest BCUT2D eigenvalue weighted by Crippen LogP contribution is 2.16. The van der Waals surface area contributed by atoms with E-state index in [9.17, 15) is 4.79 Å². The van der Waals surface area contributed by atoms with Crippen molar-refractivity contribution in [2.45, 2.75) is 26.8 Å². The molecule has 1 atom stereocenters. The van der Waals surface area contributed by atoms with Crippen molar-refractivity contribution in [2.24, 2.45) is 0 Å². The van der Waals surface area contributed by atoms with Gasteiger partial charge in [-0.1, -0.05) is 6.07 Å². The molecule has 1 heterocycles. The molecule has 1 aromatic carbocycles. The van der Waals surface area contributed by atoms with E-state index in [0.717, 1.165) is 5.75 Å². The van der Waals surface area contributed by atoms with Gasteiger partial charge in [0.15, 0.2) is 0 Å². The van der Waals surface area contributed by atoms with Gasteiger partial charge in [-0.25, -0.2) is 0 Å². The molecule has 21 heavy (non-hydrogen) atoms. The normalized spacial score (nSPS) is 11.8. The Hall–Kier alpha value is -2.36. The average Bonchev–Trinajstić information content (AvgIpc) is 2.49. The second-order valence-corrected chi connectivity index (χ2v) is 5.17. The van der Waals surface area contributed by atoms with Crippen molar-refractivity contribution in [3.63, 3.8) is 0 Å². The second-order valence-electron chi connectivity index (χ2n) is 5.17.